The van der Waals surface area contributed by atoms with Crippen molar-refractivity contribution >= 4 is 40.6 Å². The van der Waals surface area contributed by atoms with Gasteiger partial charge in [-0.1, -0.05) is 141 Å². The number of rotatable bonds is 5. The molecule has 0 atom stereocenters. The van der Waals surface area contributed by atoms with Crippen molar-refractivity contribution in [2.45, 2.75) is 44.9 Å². The maximum atomic E-state index is 2.52. The molecule has 0 bridgehead atoms. The Morgan fingerprint density at radius 2 is 0.963 bits per heavy atom. The molecule has 0 saturated carbocycles. The minimum atomic E-state index is -0.0724. The van der Waals surface area contributed by atoms with Crippen LogP contribution >= 0.6 is 0 Å². The molecule has 0 saturated heterocycles. The SMILES string of the molecule is CC1(C)c2cc(/C=C/c3ccc(-c4ccc(N5c6ccccc6CCc6ccccc65)cc4)cc3)ccc2-c2ccc(N3CCCc4ccccc43)cc21. The van der Waals surface area contributed by atoms with E-state index in [4.69, 9.17) is 0 Å². The lowest BCUT2D eigenvalue weighted by Crippen LogP contribution is -2.25. The number of benzene rings is 7. The molecule has 3 aliphatic rings. The minimum absolute atomic E-state index is 0.0724. The molecule has 2 nitrogen and oxygen atoms in total. The van der Waals surface area contributed by atoms with E-state index in [2.05, 4.69) is 194 Å². The standard InChI is InChI=1S/C52H44N2/c1-52(2)47-34-37(21-31-45(47)46-32-30-44(35-48(46)52)53-33-9-13-40-10-3-6-14-49(40)53)18-17-36-19-22-38(23-20-36)39-26-28-43(29-27-39)54-50-15-7-4-11-41(50)24-25-42-12-5-8-16-51(42)54/h3-8,10-12,14-23,26-32,34-35H,9,13,24-25,33H2,1-2H3/b18-17+. The van der Waals surface area contributed by atoms with E-state index in [1.807, 2.05) is 0 Å². The van der Waals surface area contributed by atoms with E-state index in [0.717, 1.165) is 25.8 Å². The average Bonchev–Trinajstić information content (AvgIpc) is 3.33. The first-order chi connectivity index (χ1) is 26.5. The molecule has 0 spiro atoms. The van der Waals surface area contributed by atoms with Crippen molar-refractivity contribution in [3.8, 4) is 22.3 Å². The first kappa shape index (κ1) is 32.5. The number of anilines is 5. The van der Waals surface area contributed by atoms with Gasteiger partial charge in [-0.05, 0) is 129 Å². The summed E-state index contributed by atoms with van der Waals surface area (Å²) in [5.41, 5.74) is 21.0. The number of hydrogen-bond acceptors (Lipinski definition) is 2. The fourth-order valence-electron chi connectivity index (χ4n) is 9.16. The Kier molecular flexibility index (Phi) is 7.87. The first-order valence-corrected chi connectivity index (χ1v) is 19.5. The lowest BCUT2D eigenvalue weighted by Gasteiger charge is -2.32. The molecule has 2 heterocycles. The number of hydrogen-bond donors (Lipinski definition) is 0. The number of nitrogens with zero attached hydrogens (tertiary/aromatic N) is 2. The fraction of sp³-hybridized carbons (Fsp3) is 0.154. The Labute approximate surface area is 319 Å². The zero-order valence-corrected chi connectivity index (χ0v) is 31.1. The highest BCUT2D eigenvalue weighted by molar-refractivity contribution is 5.86. The van der Waals surface area contributed by atoms with Crippen LogP contribution in [0.25, 0.3) is 34.4 Å². The Hall–Kier alpha value is -6.12. The molecule has 54 heavy (non-hydrogen) atoms. The summed E-state index contributed by atoms with van der Waals surface area (Å²) in [5.74, 6) is 0. The van der Waals surface area contributed by atoms with Gasteiger partial charge in [0.1, 0.15) is 0 Å². The van der Waals surface area contributed by atoms with E-state index in [1.165, 1.54) is 96.1 Å². The summed E-state index contributed by atoms with van der Waals surface area (Å²) in [4.78, 5) is 4.95. The molecule has 7 aromatic rings. The predicted octanol–water partition coefficient (Wildman–Crippen LogP) is 13.5. The van der Waals surface area contributed by atoms with Crippen LogP contribution in [0.2, 0.25) is 0 Å². The van der Waals surface area contributed by atoms with Crippen LogP contribution < -0.4 is 9.80 Å². The average molecular weight is 697 g/mol. The van der Waals surface area contributed by atoms with Gasteiger partial charge in [-0.2, -0.15) is 0 Å². The third kappa shape index (κ3) is 5.56. The second kappa shape index (κ2) is 13.1. The predicted molar refractivity (Wildman–Crippen MR) is 229 cm³/mol. The van der Waals surface area contributed by atoms with Crippen LogP contribution in [0, 0.1) is 0 Å². The van der Waals surface area contributed by atoms with Gasteiger partial charge in [-0.3, -0.25) is 0 Å². The second-order valence-electron chi connectivity index (χ2n) is 15.6. The van der Waals surface area contributed by atoms with Crippen molar-refractivity contribution in [2.24, 2.45) is 0 Å². The number of fused-ring (bicyclic) bond motifs is 6. The number of aryl methyl sites for hydroxylation is 3. The molecule has 262 valence electrons. The summed E-state index contributed by atoms with van der Waals surface area (Å²) in [6.45, 7) is 5.83. The van der Waals surface area contributed by atoms with Gasteiger partial charge >= 0.3 is 0 Å². The molecule has 0 aromatic heterocycles. The third-order valence-electron chi connectivity index (χ3n) is 12.1. The molecule has 10 rings (SSSR count). The monoisotopic (exact) mass is 696 g/mol. The highest BCUT2D eigenvalue weighted by Gasteiger charge is 2.36. The summed E-state index contributed by atoms with van der Waals surface area (Å²) in [6, 6.07) is 58.7. The number of para-hydroxylation sites is 3. The summed E-state index contributed by atoms with van der Waals surface area (Å²) in [6.07, 6.45) is 8.95. The van der Waals surface area contributed by atoms with Crippen LogP contribution in [0.4, 0.5) is 28.4 Å². The Bertz CT molecular complexity index is 2510. The van der Waals surface area contributed by atoms with Crippen LogP contribution in [0.3, 0.4) is 0 Å². The molecule has 0 fully saturated rings. The largest absolute Gasteiger partial charge is 0.341 e. The maximum Gasteiger partial charge on any atom is 0.0493 e. The minimum Gasteiger partial charge on any atom is -0.341 e. The van der Waals surface area contributed by atoms with Gasteiger partial charge in [-0.25, -0.2) is 0 Å². The zero-order valence-electron chi connectivity index (χ0n) is 31.1. The molecule has 0 N–H and O–H groups in total. The van der Waals surface area contributed by atoms with Gasteiger partial charge in [0.25, 0.3) is 0 Å². The Morgan fingerprint density at radius 1 is 0.463 bits per heavy atom. The molecular formula is C52H44N2. The molecule has 0 unspecified atom stereocenters. The highest BCUT2D eigenvalue weighted by Crippen LogP contribution is 2.51. The van der Waals surface area contributed by atoms with E-state index in [0.29, 0.717) is 0 Å². The highest BCUT2D eigenvalue weighted by atomic mass is 15.2. The molecule has 7 aromatic carbocycles. The van der Waals surface area contributed by atoms with E-state index in [1.54, 1.807) is 0 Å². The van der Waals surface area contributed by atoms with Crippen molar-refractivity contribution < 1.29 is 0 Å². The molecule has 2 aliphatic heterocycles. The van der Waals surface area contributed by atoms with Crippen LogP contribution in [-0.4, -0.2) is 6.54 Å². The van der Waals surface area contributed by atoms with Crippen molar-refractivity contribution in [3.05, 3.63) is 197 Å². The summed E-state index contributed by atoms with van der Waals surface area (Å²) in [7, 11) is 0. The van der Waals surface area contributed by atoms with Gasteiger partial charge in [0.2, 0.25) is 0 Å². The van der Waals surface area contributed by atoms with Crippen LogP contribution in [0.15, 0.2) is 158 Å². The molecule has 0 radical (unpaired) electrons. The van der Waals surface area contributed by atoms with Crippen molar-refractivity contribution in [1.29, 1.82) is 0 Å². The molecule has 0 amide bonds. The van der Waals surface area contributed by atoms with E-state index in [-0.39, 0.29) is 5.41 Å². The third-order valence-corrected chi connectivity index (χ3v) is 12.1. The van der Waals surface area contributed by atoms with Crippen molar-refractivity contribution in [2.75, 3.05) is 16.3 Å². The van der Waals surface area contributed by atoms with E-state index >= 15 is 0 Å². The van der Waals surface area contributed by atoms with E-state index < -0.39 is 0 Å². The molecule has 1 aliphatic carbocycles. The summed E-state index contributed by atoms with van der Waals surface area (Å²) < 4.78 is 0. The van der Waals surface area contributed by atoms with E-state index in [9.17, 15) is 0 Å². The van der Waals surface area contributed by atoms with Gasteiger partial charge in [0, 0.05) is 40.4 Å². The topological polar surface area (TPSA) is 6.48 Å². The van der Waals surface area contributed by atoms with Crippen LogP contribution in [-0.2, 0) is 24.7 Å². The summed E-state index contributed by atoms with van der Waals surface area (Å²) >= 11 is 0. The fourth-order valence-corrected chi connectivity index (χ4v) is 9.16. The van der Waals surface area contributed by atoms with Crippen molar-refractivity contribution in [1.82, 2.24) is 0 Å². The molecule has 2 heteroatoms. The molecular weight excluding hydrogens is 653 g/mol. The smallest absolute Gasteiger partial charge is 0.0493 e. The lowest BCUT2D eigenvalue weighted by molar-refractivity contribution is 0.659. The van der Waals surface area contributed by atoms with Crippen LogP contribution in [0.1, 0.15) is 59.2 Å². The van der Waals surface area contributed by atoms with Crippen molar-refractivity contribution in [3.63, 3.8) is 0 Å². The zero-order chi connectivity index (χ0) is 36.2. The Balaban J connectivity index is 0.874. The quantitative estimate of drug-likeness (QED) is 0.165. The van der Waals surface area contributed by atoms with Gasteiger partial charge in [0.05, 0.1) is 0 Å². The second-order valence-corrected chi connectivity index (χ2v) is 15.6. The summed E-state index contributed by atoms with van der Waals surface area (Å²) in [5, 5.41) is 0. The lowest BCUT2D eigenvalue weighted by atomic mass is 9.81. The maximum absolute atomic E-state index is 2.52. The van der Waals surface area contributed by atoms with Crippen LogP contribution in [0.5, 0.6) is 0 Å². The van der Waals surface area contributed by atoms with Gasteiger partial charge in [0.15, 0.2) is 0 Å². The van der Waals surface area contributed by atoms with Gasteiger partial charge < -0.3 is 9.80 Å². The normalized spacial score (nSPS) is 15.2. The first-order valence-electron chi connectivity index (χ1n) is 19.5. The Morgan fingerprint density at radius 3 is 1.63 bits per heavy atom. The van der Waals surface area contributed by atoms with Gasteiger partial charge in [-0.15, -0.1) is 0 Å².